The van der Waals surface area contributed by atoms with Gasteiger partial charge in [0.15, 0.2) is 0 Å². The maximum Gasteiger partial charge on any atom is 0.372 e. The van der Waals surface area contributed by atoms with E-state index in [2.05, 4.69) is 28.1 Å². The number of halogens is 1. The van der Waals surface area contributed by atoms with Gasteiger partial charge in [-0.15, -0.1) is 0 Å². The fourth-order valence-electron chi connectivity index (χ4n) is 1.42. The van der Waals surface area contributed by atoms with Gasteiger partial charge in [0.25, 0.3) is 0 Å². The van der Waals surface area contributed by atoms with Crippen molar-refractivity contribution in [3.05, 3.63) is 29.8 Å². The molecule has 0 aliphatic heterocycles. The van der Waals surface area contributed by atoms with Crippen molar-refractivity contribution in [3.8, 4) is 0 Å². The second-order valence-corrected chi connectivity index (χ2v) is 6.15. The van der Waals surface area contributed by atoms with Crippen LogP contribution in [0.25, 0.3) is 0 Å². The smallest absolute Gasteiger partial charge is 0.372 e. The maximum absolute atomic E-state index is 11.7. The molecule has 0 unspecified atom stereocenters. The lowest BCUT2D eigenvalue weighted by atomic mass is 10.2. The molecule has 1 rings (SSSR count). The van der Waals surface area contributed by atoms with Crippen LogP contribution < -0.4 is 12.4 Å². The summed E-state index contributed by atoms with van der Waals surface area (Å²) >= 11 is 1.18. The fraction of sp³-hybridized carbons (Fsp3) is 0.500. The number of ether oxygens (including phenoxy) is 1. The molecule has 0 aliphatic carbocycles. The molecule has 0 bridgehead atoms. The van der Waals surface area contributed by atoms with E-state index in [1.54, 1.807) is 0 Å². The number of benzene rings is 1. The molecule has 0 N–H and O–H groups in total. The Balaban J connectivity index is 0.00000324. The van der Waals surface area contributed by atoms with Crippen LogP contribution in [0.2, 0.25) is 0 Å². The number of aryl methyl sites for hydroxylation is 1. The number of quaternary nitrogens is 1. The third-order valence-electron chi connectivity index (χ3n) is 2.53. The van der Waals surface area contributed by atoms with Gasteiger partial charge in [0.05, 0.1) is 21.1 Å². The van der Waals surface area contributed by atoms with Crippen molar-refractivity contribution in [1.29, 1.82) is 0 Å². The molecule has 5 heteroatoms. The molecule has 0 saturated heterocycles. The second kappa shape index (κ2) is 8.46. The van der Waals surface area contributed by atoms with Crippen LogP contribution in [0.3, 0.4) is 0 Å². The molecule has 0 aromatic heterocycles. The molecule has 0 amide bonds. The summed E-state index contributed by atoms with van der Waals surface area (Å²) in [4.78, 5) is 12.7. The SMILES string of the molecule is CCc1ccccc1SC(=O)OCC[N+](C)(C)C.[Cl-]. The van der Waals surface area contributed by atoms with Crippen LogP contribution in [0.4, 0.5) is 4.79 Å². The first-order chi connectivity index (χ1) is 8.42. The van der Waals surface area contributed by atoms with Crippen LogP contribution in [0.15, 0.2) is 29.2 Å². The Morgan fingerprint density at radius 1 is 1.26 bits per heavy atom. The van der Waals surface area contributed by atoms with Gasteiger partial charge in [-0.3, -0.25) is 0 Å². The van der Waals surface area contributed by atoms with Gasteiger partial charge in [0.1, 0.15) is 13.2 Å². The minimum absolute atomic E-state index is 0. The van der Waals surface area contributed by atoms with E-state index in [9.17, 15) is 4.79 Å². The lowest BCUT2D eigenvalue weighted by Gasteiger charge is -2.23. The van der Waals surface area contributed by atoms with E-state index in [1.807, 2.05) is 24.3 Å². The molecule has 0 heterocycles. The van der Waals surface area contributed by atoms with Crippen LogP contribution in [0.1, 0.15) is 12.5 Å². The molecule has 1 aromatic carbocycles. The Labute approximate surface area is 126 Å². The fourth-order valence-corrected chi connectivity index (χ4v) is 2.23. The summed E-state index contributed by atoms with van der Waals surface area (Å²) in [6.07, 6.45) is 0.926. The van der Waals surface area contributed by atoms with E-state index in [0.717, 1.165) is 22.3 Å². The largest absolute Gasteiger partial charge is 1.00 e. The Bertz CT molecular complexity index is 405. The van der Waals surface area contributed by atoms with Crippen LogP contribution >= 0.6 is 11.8 Å². The number of nitrogens with zero attached hydrogens (tertiary/aromatic N) is 1. The number of thioether (sulfide) groups is 1. The van der Waals surface area contributed by atoms with E-state index < -0.39 is 0 Å². The van der Waals surface area contributed by atoms with Crippen molar-refractivity contribution in [2.24, 2.45) is 0 Å². The zero-order valence-corrected chi connectivity index (χ0v) is 13.6. The summed E-state index contributed by atoms with van der Waals surface area (Å²) in [5.41, 5.74) is 1.19. The minimum Gasteiger partial charge on any atom is -1.00 e. The molecule has 108 valence electrons. The average molecular weight is 304 g/mol. The van der Waals surface area contributed by atoms with Gasteiger partial charge in [-0.1, -0.05) is 25.1 Å². The molecule has 0 saturated carbocycles. The number of rotatable bonds is 5. The summed E-state index contributed by atoms with van der Waals surface area (Å²) in [6, 6.07) is 7.94. The van der Waals surface area contributed by atoms with E-state index in [4.69, 9.17) is 4.74 Å². The Hall–Kier alpha value is -0.710. The predicted octanol–water partition coefficient (Wildman–Crippen LogP) is 0.188. The van der Waals surface area contributed by atoms with Crippen LogP contribution in [-0.4, -0.2) is 44.1 Å². The monoisotopic (exact) mass is 303 g/mol. The standard InChI is InChI=1S/C14H22NO2S.ClH/c1-5-12-8-6-7-9-13(12)18-14(16)17-11-10-15(2,3)4;/h6-9H,5,10-11H2,1-4H3;1H/q+1;/p-1. The summed E-state index contributed by atoms with van der Waals surface area (Å²) < 4.78 is 6.03. The average Bonchev–Trinajstić information content (AvgIpc) is 2.28. The number of carbonyl (C=O) groups is 1. The van der Waals surface area contributed by atoms with Crippen LogP contribution in [0, 0.1) is 0 Å². The zero-order chi connectivity index (χ0) is 13.6. The predicted molar refractivity (Wildman–Crippen MR) is 75.9 cm³/mol. The molecule has 3 nitrogen and oxygen atoms in total. The molecule has 0 atom stereocenters. The molecule has 0 radical (unpaired) electrons. The molecule has 0 spiro atoms. The summed E-state index contributed by atoms with van der Waals surface area (Å²) in [5, 5.41) is -0.218. The third kappa shape index (κ3) is 7.45. The molecule has 1 aromatic rings. The van der Waals surface area contributed by atoms with Gasteiger partial charge in [-0.05, 0) is 29.8 Å². The maximum atomic E-state index is 11.7. The topological polar surface area (TPSA) is 26.3 Å². The third-order valence-corrected chi connectivity index (χ3v) is 3.43. The van der Waals surface area contributed by atoms with Gasteiger partial charge in [0.2, 0.25) is 0 Å². The quantitative estimate of drug-likeness (QED) is 0.441. The van der Waals surface area contributed by atoms with Crippen LogP contribution in [-0.2, 0) is 11.2 Å². The van der Waals surface area contributed by atoms with E-state index in [-0.39, 0.29) is 17.7 Å². The van der Waals surface area contributed by atoms with Crippen LogP contribution in [0.5, 0.6) is 0 Å². The minimum atomic E-state index is -0.218. The highest BCUT2D eigenvalue weighted by Crippen LogP contribution is 2.24. The first-order valence-corrected chi connectivity index (χ1v) is 6.97. The Kier molecular flexibility index (Phi) is 8.14. The van der Waals surface area contributed by atoms with E-state index in [0.29, 0.717) is 6.61 Å². The summed E-state index contributed by atoms with van der Waals surface area (Å²) in [5.74, 6) is 0. The number of hydrogen-bond donors (Lipinski definition) is 0. The zero-order valence-electron chi connectivity index (χ0n) is 12.0. The van der Waals surface area contributed by atoms with E-state index >= 15 is 0 Å². The highest BCUT2D eigenvalue weighted by molar-refractivity contribution is 8.13. The summed E-state index contributed by atoms with van der Waals surface area (Å²) in [7, 11) is 6.23. The Morgan fingerprint density at radius 2 is 1.89 bits per heavy atom. The molecular weight excluding hydrogens is 282 g/mol. The van der Waals surface area contributed by atoms with Crippen molar-refractivity contribution in [2.75, 3.05) is 34.3 Å². The molecular formula is C14H22ClNO2S. The van der Waals surface area contributed by atoms with Crippen molar-refractivity contribution >= 4 is 17.1 Å². The Morgan fingerprint density at radius 3 is 2.47 bits per heavy atom. The molecule has 0 aliphatic rings. The van der Waals surface area contributed by atoms with Crippen molar-refractivity contribution in [1.82, 2.24) is 0 Å². The van der Waals surface area contributed by atoms with Crippen molar-refractivity contribution in [3.63, 3.8) is 0 Å². The van der Waals surface area contributed by atoms with E-state index in [1.165, 1.54) is 17.3 Å². The summed E-state index contributed by atoms with van der Waals surface area (Å²) in [6.45, 7) is 3.37. The molecule has 19 heavy (non-hydrogen) atoms. The lowest BCUT2D eigenvalue weighted by molar-refractivity contribution is -0.870. The number of likely N-dealkylation sites (N-methyl/N-ethyl adjacent to an activating group) is 1. The van der Waals surface area contributed by atoms with Gasteiger partial charge in [-0.25, -0.2) is 4.79 Å². The second-order valence-electron chi connectivity index (χ2n) is 5.18. The lowest BCUT2D eigenvalue weighted by Crippen LogP contribution is -3.00. The highest BCUT2D eigenvalue weighted by atomic mass is 35.5. The molecule has 0 fully saturated rings. The van der Waals surface area contributed by atoms with Gasteiger partial charge in [-0.2, -0.15) is 0 Å². The van der Waals surface area contributed by atoms with Crippen molar-refractivity contribution in [2.45, 2.75) is 18.2 Å². The first kappa shape index (κ1) is 18.3. The normalized spacial score (nSPS) is 10.7. The highest BCUT2D eigenvalue weighted by Gasteiger charge is 2.12. The van der Waals surface area contributed by atoms with Gasteiger partial charge < -0.3 is 21.6 Å². The first-order valence-electron chi connectivity index (χ1n) is 6.15. The van der Waals surface area contributed by atoms with Gasteiger partial charge in [0, 0.05) is 4.90 Å². The number of hydrogen-bond acceptors (Lipinski definition) is 3. The number of carbonyl (C=O) groups excluding carboxylic acids is 1. The van der Waals surface area contributed by atoms with Gasteiger partial charge >= 0.3 is 5.30 Å². The van der Waals surface area contributed by atoms with Crippen molar-refractivity contribution < 1.29 is 26.4 Å².